The Morgan fingerprint density at radius 1 is 1.37 bits per heavy atom. The zero-order valence-corrected chi connectivity index (χ0v) is 17.9. The number of fused-ring (bicyclic) bond motifs is 1. The van der Waals surface area contributed by atoms with Crippen LogP contribution in [-0.2, 0) is 11.3 Å². The van der Waals surface area contributed by atoms with Crippen LogP contribution < -0.4 is 10.6 Å². The molecule has 0 aliphatic carbocycles. The maximum absolute atomic E-state index is 7.66. The number of hydrogen-bond donors (Lipinski definition) is 2. The van der Waals surface area contributed by atoms with Crippen LogP contribution in [0.25, 0.3) is 21.8 Å². The van der Waals surface area contributed by atoms with Crippen molar-refractivity contribution >= 4 is 52.7 Å². The number of nitrogen functional groups attached to an aromatic ring is 1. The van der Waals surface area contributed by atoms with Gasteiger partial charge >= 0.3 is 0 Å². The second kappa shape index (κ2) is 8.20. The molecule has 0 saturated carbocycles. The van der Waals surface area contributed by atoms with E-state index in [0.29, 0.717) is 0 Å². The molecule has 0 radical (unpaired) electrons. The summed E-state index contributed by atoms with van der Waals surface area (Å²) in [5.74, 6) is 0.851. The molecule has 4 rings (SSSR count). The summed E-state index contributed by atoms with van der Waals surface area (Å²) < 4.78 is 1.12. The number of thiazole rings is 1. The van der Waals surface area contributed by atoms with Crippen LogP contribution in [0, 0.1) is 5.41 Å². The van der Waals surface area contributed by atoms with Crippen molar-refractivity contribution < 1.29 is 9.78 Å². The highest BCUT2D eigenvalue weighted by atomic mass is 35.5. The summed E-state index contributed by atoms with van der Waals surface area (Å²) in [6, 6.07) is 8.08. The number of nitrogens with two attached hydrogens (primary N) is 1. The van der Waals surface area contributed by atoms with Gasteiger partial charge in [0, 0.05) is 28.5 Å². The summed E-state index contributed by atoms with van der Waals surface area (Å²) in [7, 11) is 0. The average molecular weight is 440 g/mol. The van der Waals surface area contributed by atoms with Crippen LogP contribution in [0.4, 0.5) is 0 Å². The molecule has 3 N–H and O–H groups in total. The molecule has 3 heterocycles. The molecule has 3 aromatic rings. The van der Waals surface area contributed by atoms with Gasteiger partial charge in [-0.15, -0.1) is 46.8 Å². The lowest BCUT2D eigenvalue weighted by Gasteiger charge is -2.21. The third kappa shape index (κ3) is 4.00. The number of halogens is 1. The Hall–Kier alpha value is -1.58. The van der Waals surface area contributed by atoms with Crippen LogP contribution in [0.5, 0.6) is 5.75 Å². The van der Waals surface area contributed by atoms with E-state index in [1.807, 2.05) is 30.7 Å². The Kier molecular flexibility index (Phi) is 6.12. The normalized spacial score (nSPS) is 15.6. The molecule has 0 amide bonds. The minimum absolute atomic E-state index is 0. The van der Waals surface area contributed by atoms with E-state index in [4.69, 9.17) is 25.9 Å². The third-order valence-corrected chi connectivity index (χ3v) is 7.24. The average Bonchev–Trinajstić information content (AvgIpc) is 3.28. The van der Waals surface area contributed by atoms with Crippen molar-refractivity contribution in [2.24, 2.45) is 5.73 Å². The van der Waals surface area contributed by atoms with Gasteiger partial charge < -0.3 is 10.6 Å². The second-order valence-corrected chi connectivity index (χ2v) is 8.97. The monoisotopic (exact) mass is 439 g/mol. The first-order valence-corrected chi connectivity index (χ1v) is 10.9. The number of thiophene rings is 1. The van der Waals surface area contributed by atoms with Crippen LogP contribution >= 0.6 is 46.8 Å². The van der Waals surface area contributed by atoms with Gasteiger partial charge in [0.15, 0.2) is 5.75 Å². The third-order valence-electron chi connectivity index (χ3n) is 4.06. The van der Waals surface area contributed by atoms with Crippen molar-refractivity contribution in [1.82, 2.24) is 4.98 Å². The van der Waals surface area contributed by atoms with Gasteiger partial charge in [-0.2, -0.15) is 4.89 Å². The van der Waals surface area contributed by atoms with Gasteiger partial charge in [-0.3, -0.25) is 5.41 Å². The number of rotatable bonds is 4. The number of hydrogen-bond acceptors (Lipinski definition) is 7. The van der Waals surface area contributed by atoms with Crippen LogP contribution in [0.3, 0.4) is 0 Å². The summed E-state index contributed by atoms with van der Waals surface area (Å²) in [6.07, 6.45) is 2.94. The maximum atomic E-state index is 7.66. The molecule has 0 bridgehead atoms. The number of aromatic nitrogens is 1. The van der Waals surface area contributed by atoms with Gasteiger partial charge in [0.25, 0.3) is 0 Å². The zero-order chi connectivity index (χ0) is 18.3. The predicted molar refractivity (Wildman–Crippen MR) is 116 cm³/mol. The van der Waals surface area contributed by atoms with E-state index in [1.165, 1.54) is 11.3 Å². The van der Waals surface area contributed by atoms with E-state index in [9.17, 15) is 0 Å². The first kappa shape index (κ1) is 20.2. The quantitative estimate of drug-likeness (QED) is 0.252. The number of amidine groups is 1. The lowest BCUT2D eigenvalue weighted by atomic mass is 10.0. The minimum Gasteiger partial charge on any atom is -0.383 e. The molecule has 1 aliphatic rings. The van der Waals surface area contributed by atoms with E-state index in [0.717, 1.165) is 48.6 Å². The topological polar surface area (TPSA) is 81.2 Å². The first-order chi connectivity index (χ1) is 12.5. The predicted octanol–water partition coefficient (Wildman–Crippen LogP) is 5.22. The zero-order valence-electron chi connectivity index (χ0n) is 14.6. The number of nitrogens with one attached hydrogen (secondary N) is 1. The van der Waals surface area contributed by atoms with Crippen molar-refractivity contribution in [3.8, 4) is 27.6 Å². The summed E-state index contributed by atoms with van der Waals surface area (Å²) in [5.41, 5.74) is 9.73. The molecule has 0 saturated heterocycles. The van der Waals surface area contributed by atoms with Crippen molar-refractivity contribution in [3.63, 3.8) is 0 Å². The van der Waals surface area contributed by atoms with E-state index >= 15 is 0 Å². The molecule has 27 heavy (non-hydrogen) atoms. The number of thioether (sulfide) groups is 1. The molecule has 2 aromatic heterocycles. The van der Waals surface area contributed by atoms with E-state index in [1.54, 1.807) is 23.1 Å². The van der Waals surface area contributed by atoms with E-state index < -0.39 is 0 Å². The summed E-state index contributed by atoms with van der Waals surface area (Å²) in [5, 5.41) is 10.6. The Bertz CT molecular complexity index is 986. The van der Waals surface area contributed by atoms with Crippen LogP contribution in [0.15, 0.2) is 33.9 Å². The largest absolute Gasteiger partial charge is 0.383 e. The smallest absolute Gasteiger partial charge is 0.169 e. The van der Waals surface area contributed by atoms with Gasteiger partial charge in [0.05, 0.1) is 14.8 Å². The van der Waals surface area contributed by atoms with Gasteiger partial charge in [0.1, 0.15) is 16.9 Å². The molecule has 9 heteroatoms. The molecule has 5 nitrogen and oxygen atoms in total. The molecule has 142 valence electrons. The van der Waals surface area contributed by atoms with Crippen LogP contribution in [0.1, 0.15) is 17.4 Å². The summed E-state index contributed by atoms with van der Waals surface area (Å²) >= 11 is 4.77. The van der Waals surface area contributed by atoms with Gasteiger partial charge in [0.2, 0.25) is 0 Å². The SMILES string of the molecule is CSc1sc(C(=N)N)cc1-c1nc(-c2ccc3c(c2)OOC(C)C3)cs1.Cl. The number of benzene rings is 1. The maximum Gasteiger partial charge on any atom is 0.169 e. The molecular weight excluding hydrogens is 422 g/mol. The Labute approximate surface area is 175 Å². The highest BCUT2D eigenvalue weighted by Gasteiger charge is 2.20. The summed E-state index contributed by atoms with van der Waals surface area (Å²) in [6.45, 7) is 1.99. The fourth-order valence-corrected chi connectivity index (χ4v) is 5.49. The standard InChI is InChI=1S/C18H17N3O2S3.ClH/c1-9-5-11-4-3-10(6-14(11)23-22-9)13-8-25-17(21-13)12-7-15(16(19)20)26-18(12)24-2;/h3-4,6-9H,5H2,1-2H3,(H3,19,20);1H. The highest BCUT2D eigenvalue weighted by Crippen LogP contribution is 2.40. The van der Waals surface area contributed by atoms with E-state index in [2.05, 4.69) is 12.1 Å². The fourth-order valence-electron chi connectivity index (χ4n) is 2.78. The van der Waals surface area contributed by atoms with Gasteiger partial charge in [-0.25, -0.2) is 4.98 Å². The van der Waals surface area contributed by atoms with Crippen LogP contribution in [-0.4, -0.2) is 23.2 Å². The molecule has 0 spiro atoms. The fraction of sp³-hybridized carbons (Fsp3) is 0.222. The van der Waals surface area contributed by atoms with Crippen molar-refractivity contribution in [2.75, 3.05) is 6.26 Å². The molecular formula is C18H18ClN3O2S3. The first-order valence-electron chi connectivity index (χ1n) is 8.00. The summed E-state index contributed by atoms with van der Waals surface area (Å²) in [4.78, 5) is 16.2. The van der Waals surface area contributed by atoms with Crippen molar-refractivity contribution in [3.05, 3.63) is 40.1 Å². The molecule has 1 atom stereocenters. The van der Waals surface area contributed by atoms with Crippen molar-refractivity contribution in [1.29, 1.82) is 5.41 Å². The lowest BCUT2D eigenvalue weighted by molar-refractivity contribution is -0.249. The van der Waals surface area contributed by atoms with Crippen LogP contribution in [0.2, 0.25) is 0 Å². The van der Waals surface area contributed by atoms with Gasteiger partial charge in [-0.05, 0) is 25.3 Å². The highest BCUT2D eigenvalue weighted by molar-refractivity contribution is 8.00. The van der Waals surface area contributed by atoms with E-state index in [-0.39, 0.29) is 24.3 Å². The lowest BCUT2D eigenvalue weighted by Crippen LogP contribution is -2.20. The molecule has 1 aromatic carbocycles. The Morgan fingerprint density at radius 3 is 2.93 bits per heavy atom. The van der Waals surface area contributed by atoms with Gasteiger partial charge in [-0.1, -0.05) is 12.1 Å². The molecule has 1 unspecified atom stereocenters. The Morgan fingerprint density at radius 2 is 2.19 bits per heavy atom. The Balaban J connectivity index is 0.00000210. The minimum atomic E-state index is 0. The number of nitrogens with zero attached hydrogens (tertiary/aromatic N) is 1. The molecule has 0 fully saturated rings. The second-order valence-electron chi connectivity index (χ2n) is 5.98. The van der Waals surface area contributed by atoms with Crippen molar-refractivity contribution in [2.45, 2.75) is 23.7 Å². The molecule has 1 aliphatic heterocycles.